The zero-order valence-electron chi connectivity index (χ0n) is 17.9. The number of hydrazone groups is 1. The molecule has 0 aliphatic carbocycles. The quantitative estimate of drug-likeness (QED) is 0.867. The molecule has 1 saturated heterocycles. The first-order valence-corrected chi connectivity index (χ1v) is 11.2. The van der Waals surface area contributed by atoms with E-state index in [1.54, 1.807) is 4.90 Å². The highest BCUT2D eigenvalue weighted by molar-refractivity contribution is 6.03. The van der Waals surface area contributed by atoms with Crippen molar-refractivity contribution in [2.45, 2.75) is 58.2 Å². The van der Waals surface area contributed by atoms with Crippen LogP contribution in [0.5, 0.6) is 5.75 Å². The molecule has 0 aromatic heterocycles. The van der Waals surface area contributed by atoms with Gasteiger partial charge in [-0.15, -0.1) is 0 Å². The van der Waals surface area contributed by atoms with Gasteiger partial charge in [-0.05, 0) is 38.0 Å². The van der Waals surface area contributed by atoms with Crippen molar-refractivity contribution in [1.29, 1.82) is 0 Å². The van der Waals surface area contributed by atoms with E-state index in [4.69, 9.17) is 9.84 Å². The van der Waals surface area contributed by atoms with Crippen molar-refractivity contribution in [1.82, 2.24) is 5.01 Å². The Hall–Kier alpha value is -2.33. The molecule has 1 fully saturated rings. The third-order valence-corrected chi connectivity index (χ3v) is 6.95. The molecule has 152 valence electrons. The van der Waals surface area contributed by atoms with Crippen molar-refractivity contribution in [2.24, 2.45) is 5.10 Å². The summed E-state index contributed by atoms with van der Waals surface area (Å²) in [7, 11) is 0. The minimum absolute atomic E-state index is 0.280. The van der Waals surface area contributed by atoms with Crippen LogP contribution in [0.1, 0.15) is 60.9 Å². The molecule has 4 nitrogen and oxygen atoms in total. The first kappa shape index (κ1) is 18.7. The molecule has 1 spiro atoms. The molecule has 0 unspecified atom stereocenters. The van der Waals surface area contributed by atoms with Crippen LogP contribution in [0.2, 0.25) is 0 Å². The van der Waals surface area contributed by atoms with E-state index in [1.165, 1.54) is 40.9 Å². The molecule has 0 amide bonds. The number of nitrogens with zero attached hydrogens (tertiary/aromatic N) is 2. The second-order valence-corrected chi connectivity index (χ2v) is 9.02. The normalized spacial score (nSPS) is 28.0. The van der Waals surface area contributed by atoms with Crippen LogP contribution in [0.15, 0.2) is 47.6 Å². The van der Waals surface area contributed by atoms with Crippen molar-refractivity contribution in [3.8, 4) is 5.75 Å². The molecule has 3 aliphatic heterocycles. The largest absolute Gasteiger partial charge is 0.466 e. The lowest BCUT2D eigenvalue weighted by molar-refractivity contribution is -0.908. The molecule has 29 heavy (non-hydrogen) atoms. The number of ether oxygens (including phenoxy) is 1. The highest BCUT2D eigenvalue weighted by atomic mass is 16.5. The number of rotatable bonds is 3. The number of benzene rings is 2. The fraction of sp³-hybridized carbons (Fsp3) is 0.480. The fourth-order valence-electron chi connectivity index (χ4n) is 5.37. The van der Waals surface area contributed by atoms with Gasteiger partial charge in [-0.1, -0.05) is 42.8 Å². The van der Waals surface area contributed by atoms with E-state index in [2.05, 4.69) is 68.2 Å². The van der Waals surface area contributed by atoms with Gasteiger partial charge >= 0.3 is 0 Å². The number of para-hydroxylation sites is 1. The summed E-state index contributed by atoms with van der Waals surface area (Å²) in [6, 6.07) is 15.6. The average Bonchev–Trinajstić information content (AvgIpc) is 3.18. The topological polar surface area (TPSA) is 29.3 Å². The minimum atomic E-state index is -0.296. The number of nitrogens with one attached hydrogen (secondary N) is 1. The molecule has 0 bridgehead atoms. The number of quaternary nitrogens is 1. The van der Waals surface area contributed by atoms with Gasteiger partial charge in [-0.3, -0.25) is 0 Å². The molecule has 3 heterocycles. The summed E-state index contributed by atoms with van der Waals surface area (Å²) < 4.78 is 6.74. The van der Waals surface area contributed by atoms with Gasteiger partial charge in [0.2, 0.25) is 5.72 Å². The summed E-state index contributed by atoms with van der Waals surface area (Å²) in [4.78, 5) is 1.70. The fourth-order valence-corrected chi connectivity index (χ4v) is 5.37. The number of likely N-dealkylation sites (tertiary alicyclic amines) is 1. The molecule has 1 atom stereocenters. The maximum atomic E-state index is 6.74. The van der Waals surface area contributed by atoms with E-state index in [-0.39, 0.29) is 11.8 Å². The Morgan fingerprint density at radius 3 is 2.72 bits per heavy atom. The maximum absolute atomic E-state index is 6.74. The zero-order valence-corrected chi connectivity index (χ0v) is 17.9. The third kappa shape index (κ3) is 3.14. The highest BCUT2D eigenvalue weighted by Crippen LogP contribution is 2.49. The number of hydrogen-bond donors (Lipinski definition) is 1. The van der Waals surface area contributed by atoms with Crippen LogP contribution in [-0.4, -0.2) is 36.1 Å². The van der Waals surface area contributed by atoms with Crippen LogP contribution in [-0.2, 0) is 0 Å². The Bertz CT molecular complexity index is 943. The van der Waals surface area contributed by atoms with Gasteiger partial charge in [0.05, 0.1) is 44.2 Å². The van der Waals surface area contributed by atoms with E-state index in [0.717, 1.165) is 38.1 Å². The average molecular weight is 391 g/mol. The van der Waals surface area contributed by atoms with E-state index < -0.39 is 0 Å². The Balaban J connectivity index is 1.54. The molecule has 4 heteroatoms. The summed E-state index contributed by atoms with van der Waals surface area (Å²) in [6.45, 7) is 10.2. The summed E-state index contributed by atoms with van der Waals surface area (Å²) in [5.74, 6) is 1.06. The maximum Gasteiger partial charge on any atom is 0.208 e. The van der Waals surface area contributed by atoms with Crippen molar-refractivity contribution in [3.05, 3.63) is 64.7 Å². The molecule has 0 saturated carbocycles. The first-order valence-electron chi connectivity index (χ1n) is 11.2. The second kappa shape index (κ2) is 7.17. The number of fused-ring (bicyclic) bond motifs is 4. The zero-order chi connectivity index (χ0) is 20.0. The third-order valence-electron chi connectivity index (χ3n) is 6.95. The first-order chi connectivity index (χ1) is 14.1. The summed E-state index contributed by atoms with van der Waals surface area (Å²) >= 11 is 0. The standard InChI is InChI=1S/C25H31N3O/c1-4-13-27-14-11-25(12-15-27)28-23(20-7-5-6-8-24(20)29-25)17-22(26-28)21-16-18(2)9-10-19(21)3/h5-10,16,23H,4,11-15,17H2,1-3H3/p+1/t23-/m0/s1. The van der Waals surface area contributed by atoms with Gasteiger partial charge in [-0.2, -0.15) is 5.10 Å². The molecular weight excluding hydrogens is 358 g/mol. The molecule has 0 radical (unpaired) electrons. The Morgan fingerprint density at radius 2 is 1.93 bits per heavy atom. The molecule has 3 aliphatic rings. The molecule has 2 aromatic rings. The predicted octanol–water partition coefficient (Wildman–Crippen LogP) is 3.63. The molecular formula is C25H32N3O+. The van der Waals surface area contributed by atoms with Gasteiger partial charge in [-0.25, -0.2) is 5.01 Å². The van der Waals surface area contributed by atoms with Gasteiger partial charge < -0.3 is 9.64 Å². The van der Waals surface area contributed by atoms with Crippen LogP contribution in [0.4, 0.5) is 0 Å². The van der Waals surface area contributed by atoms with Crippen LogP contribution < -0.4 is 9.64 Å². The van der Waals surface area contributed by atoms with E-state index in [1.807, 2.05) is 0 Å². The van der Waals surface area contributed by atoms with Crippen molar-refractivity contribution in [2.75, 3.05) is 19.6 Å². The lowest BCUT2D eigenvalue weighted by Crippen LogP contribution is -3.14. The number of piperidine rings is 1. The van der Waals surface area contributed by atoms with Gasteiger partial charge in [0.25, 0.3) is 0 Å². The number of aryl methyl sites for hydroxylation is 2. The molecule has 1 N–H and O–H groups in total. The van der Waals surface area contributed by atoms with Gasteiger partial charge in [0.1, 0.15) is 5.75 Å². The SMILES string of the molecule is CCC[NH+]1CCC2(CC1)Oc1ccccc1[C@@H]1CC(c3cc(C)ccc3C)=NN12. The lowest BCUT2D eigenvalue weighted by Gasteiger charge is -2.50. The van der Waals surface area contributed by atoms with Crippen LogP contribution in [0.3, 0.4) is 0 Å². The molecule has 5 rings (SSSR count). The Labute approximate surface area is 174 Å². The predicted molar refractivity (Wildman–Crippen MR) is 117 cm³/mol. The lowest BCUT2D eigenvalue weighted by atomic mass is 9.90. The minimum Gasteiger partial charge on any atom is -0.466 e. The Kier molecular flexibility index (Phi) is 4.62. The summed E-state index contributed by atoms with van der Waals surface area (Å²) in [5.41, 5.74) is 6.09. The van der Waals surface area contributed by atoms with Crippen molar-refractivity contribution < 1.29 is 9.64 Å². The summed E-state index contributed by atoms with van der Waals surface area (Å²) in [5, 5.41) is 7.59. The van der Waals surface area contributed by atoms with Crippen LogP contribution >= 0.6 is 0 Å². The van der Waals surface area contributed by atoms with E-state index >= 15 is 0 Å². The number of hydrogen-bond acceptors (Lipinski definition) is 3. The van der Waals surface area contributed by atoms with Crippen LogP contribution in [0.25, 0.3) is 0 Å². The van der Waals surface area contributed by atoms with Crippen molar-refractivity contribution >= 4 is 5.71 Å². The second-order valence-electron chi connectivity index (χ2n) is 9.02. The van der Waals surface area contributed by atoms with Gasteiger partial charge in [0, 0.05) is 17.5 Å². The van der Waals surface area contributed by atoms with E-state index in [0.29, 0.717) is 0 Å². The molecule has 2 aromatic carbocycles. The smallest absolute Gasteiger partial charge is 0.208 e. The van der Waals surface area contributed by atoms with Crippen molar-refractivity contribution in [3.63, 3.8) is 0 Å². The van der Waals surface area contributed by atoms with Gasteiger partial charge in [0.15, 0.2) is 0 Å². The summed E-state index contributed by atoms with van der Waals surface area (Å²) in [6.07, 6.45) is 4.28. The van der Waals surface area contributed by atoms with E-state index in [9.17, 15) is 0 Å². The highest BCUT2D eigenvalue weighted by Gasteiger charge is 2.52. The van der Waals surface area contributed by atoms with Crippen LogP contribution in [0, 0.1) is 13.8 Å². The Morgan fingerprint density at radius 1 is 1.14 bits per heavy atom. The monoisotopic (exact) mass is 390 g/mol.